The summed E-state index contributed by atoms with van der Waals surface area (Å²) in [5.41, 5.74) is 0. The molecule has 0 bridgehead atoms. The first-order valence-corrected chi connectivity index (χ1v) is 5.00. The zero-order chi connectivity index (χ0) is 7.98. The Morgan fingerprint density at radius 1 is 1.60 bits per heavy atom. The minimum Gasteiger partial charge on any atom is -0.380 e. The van der Waals surface area contributed by atoms with Crippen molar-refractivity contribution >= 4 is 22.6 Å². The second-order valence-corrected chi connectivity index (χ2v) is 3.58. The molecule has 1 unspecified atom stereocenters. The summed E-state index contributed by atoms with van der Waals surface area (Å²) in [4.78, 5) is 2.28. The highest BCUT2D eigenvalue weighted by Crippen LogP contribution is 1.93. The van der Waals surface area contributed by atoms with Crippen LogP contribution in [-0.2, 0) is 4.74 Å². The highest BCUT2D eigenvalue weighted by Gasteiger charge is 2.02. The fourth-order valence-electron chi connectivity index (χ4n) is 0.749. The number of nitrogens with zero attached hydrogens (tertiary/aromatic N) is 1. The lowest BCUT2D eigenvalue weighted by molar-refractivity contribution is 0.0878. The van der Waals surface area contributed by atoms with Crippen LogP contribution < -0.4 is 0 Å². The fraction of sp³-hybridized carbons (Fsp3) is 1.00. The molecule has 0 aromatic rings. The van der Waals surface area contributed by atoms with Crippen molar-refractivity contribution in [3.63, 3.8) is 0 Å². The van der Waals surface area contributed by atoms with Crippen molar-refractivity contribution in [2.45, 2.75) is 13.0 Å². The molecule has 0 heterocycles. The predicted molar refractivity (Wildman–Crippen MR) is 52.9 cm³/mol. The van der Waals surface area contributed by atoms with Gasteiger partial charge in [-0.05, 0) is 14.0 Å². The third kappa shape index (κ3) is 5.44. The lowest BCUT2D eigenvalue weighted by Gasteiger charge is -2.18. The molecule has 0 aromatic heterocycles. The third-order valence-corrected chi connectivity index (χ3v) is 1.92. The van der Waals surface area contributed by atoms with Crippen LogP contribution in [0, 0.1) is 0 Å². The molecular formula is C7H16INO. The maximum absolute atomic E-state index is 5.12. The Bertz CT molecular complexity index is 80.0. The van der Waals surface area contributed by atoms with Crippen LogP contribution in [0.5, 0.6) is 0 Å². The molecule has 2 nitrogen and oxygen atoms in total. The molecule has 0 aromatic carbocycles. The van der Waals surface area contributed by atoms with Crippen LogP contribution in [0.25, 0.3) is 0 Å². The molecule has 0 fully saturated rings. The normalized spacial score (nSPS) is 14.1. The lowest BCUT2D eigenvalue weighted by Crippen LogP contribution is -2.29. The Hall–Kier alpha value is 0.650. The van der Waals surface area contributed by atoms with Gasteiger partial charge in [0.05, 0.1) is 6.10 Å². The van der Waals surface area contributed by atoms with E-state index in [1.165, 1.54) is 4.43 Å². The second-order valence-electron chi connectivity index (χ2n) is 2.50. The van der Waals surface area contributed by atoms with Gasteiger partial charge in [0.15, 0.2) is 0 Å². The average molecular weight is 257 g/mol. The minimum absolute atomic E-state index is 0.355. The van der Waals surface area contributed by atoms with Crippen LogP contribution in [0.15, 0.2) is 0 Å². The van der Waals surface area contributed by atoms with Gasteiger partial charge in [0.1, 0.15) is 0 Å². The van der Waals surface area contributed by atoms with Gasteiger partial charge in [-0.2, -0.15) is 0 Å². The highest BCUT2D eigenvalue weighted by atomic mass is 127. The van der Waals surface area contributed by atoms with E-state index in [9.17, 15) is 0 Å². The van der Waals surface area contributed by atoms with Crippen molar-refractivity contribution in [1.82, 2.24) is 4.90 Å². The van der Waals surface area contributed by atoms with Gasteiger partial charge in [-0.3, -0.25) is 0 Å². The zero-order valence-electron chi connectivity index (χ0n) is 6.93. The molecule has 0 aliphatic rings. The number of ether oxygens (including phenoxy) is 1. The van der Waals surface area contributed by atoms with Gasteiger partial charge in [0, 0.05) is 24.6 Å². The van der Waals surface area contributed by atoms with Gasteiger partial charge in [-0.15, -0.1) is 0 Å². The molecule has 0 amide bonds. The Morgan fingerprint density at radius 2 is 2.20 bits per heavy atom. The van der Waals surface area contributed by atoms with Gasteiger partial charge in [0.2, 0.25) is 0 Å². The number of likely N-dealkylation sites (N-methyl/N-ethyl adjacent to an activating group) is 1. The van der Waals surface area contributed by atoms with Crippen LogP contribution in [-0.4, -0.2) is 42.7 Å². The quantitative estimate of drug-likeness (QED) is 0.545. The summed E-state index contributed by atoms with van der Waals surface area (Å²) in [6, 6.07) is 0. The molecule has 1 atom stereocenters. The lowest BCUT2D eigenvalue weighted by atomic mass is 10.4. The van der Waals surface area contributed by atoms with E-state index in [4.69, 9.17) is 4.74 Å². The Morgan fingerprint density at radius 3 is 2.60 bits per heavy atom. The standard InChI is InChI=1S/C7H16INO/c1-7(10-3)6-9(2)5-4-8/h7H,4-6H2,1-3H3. The smallest absolute Gasteiger partial charge is 0.0669 e. The Balaban J connectivity index is 3.27. The van der Waals surface area contributed by atoms with Crippen molar-refractivity contribution in [3.8, 4) is 0 Å². The first-order chi connectivity index (χ1) is 4.70. The molecule has 0 rings (SSSR count). The van der Waals surface area contributed by atoms with Crippen LogP contribution in [0.4, 0.5) is 0 Å². The fourth-order valence-corrected chi connectivity index (χ4v) is 1.57. The first kappa shape index (κ1) is 10.7. The molecule has 0 N–H and O–H groups in total. The molecule has 0 aliphatic carbocycles. The topological polar surface area (TPSA) is 12.5 Å². The number of hydrogen-bond acceptors (Lipinski definition) is 2. The number of hydrogen-bond donors (Lipinski definition) is 0. The number of alkyl halides is 1. The van der Waals surface area contributed by atoms with Gasteiger partial charge in [-0.25, -0.2) is 0 Å². The summed E-state index contributed by atoms with van der Waals surface area (Å²) in [6.45, 7) is 4.26. The molecule has 62 valence electrons. The number of methoxy groups -OCH3 is 1. The number of halogens is 1. The van der Waals surface area contributed by atoms with Crippen molar-refractivity contribution < 1.29 is 4.74 Å². The summed E-state index contributed by atoms with van der Waals surface area (Å²) in [5, 5.41) is 0. The minimum atomic E-state index is 0.355. The largest absolute Gasteiger partial charge is 0.380 e. The molecule has 0 saturated carbocycles. The van der Waals surface area contributed by atoms with Crippen LogP contribution in [0.3, 0.4) is 0 Å². The highest BCUT2D eigenvalue weighted by molar-refractivity contribution is 14.1. The summed E-state index contributed by atoms with van der Waals surface area (Å²) in [5.74, 6) is 0. The van der Waals surface area contributed by atoms with Crippen molar-refractivity contribution in [2.75, 3.05) is 31.7 Å². The summed E-state index contributed by atoms with van der Waals surface area (Å²) >= 11 is 2.38. The maximum Gasteiger partial charge on any atom is 0.0669 e. The van der Waals surface area contributed by atoms with E-state index >= 15 is 0 Å². The Kier molecular flexibility index (Phi) is 6.78. The molecule has 10 heavy (non-hydrogen) atoms. The van der Waals surface area contributed by atoms with Crippen LogP contribution >= 0.6 is 22.6 Å². The third-order valence-electron chi connectivity index (χ3n) is 1.44. The van der Waals surface area contributed by atoms with Crippen LogP contribution in [0.2, 0.25) is 0 Å². The van der Waals surface area contributed by atoms with Crippen LogP contribution in [0.1, 0.15) is 6.92 Å². The molecule has 0 aliphatic heterocycles. The molecule has 3 heteroatoms. The Labute approximate surface area is 77.1 Å². The molecule has 0 spiro atoms. The maximum atomic E-state index is 5.12. The first-order valence-electron chi connectivity index (χ1n) is 3.48. The SMILES string of the molecule is COC(C)CN(C)CCI. The van der Waals surface area contributed by atoms with E-state index in [1.54, 1.807) is 7.11 Å². The van der Waals surface area contributed by atoms with E-state index in [0.29, 0.717) is 6.10 Å². The average Bonchev–Trinajstić information content (AvgIpc) is 1.88. The van der Waals surface area contributed by atoms with Gasteiger partial charge < -0.3 is 9.64 Å². The molecule has 0 radical (unpaired) electrons. The molecule has 0 saturated heterocycles. The van der Waals surface area contributed by atoms with E-state index in [1.807, 2.05) is 0 Å². The van der Waals surface area contributed by atoms with Crippen molar-refractivity contribution in [3.05, 3.63) is 0 Å². The van der Waals surface area contributed by atoms with Gasteiger partial charge in [-0.1, -0.05) is 22.6 Å². The van der Waals surface area contributed by atoms with E-state index in [2.05, 4.69) is 41.5 Å². The van der Waals surface area contributed by atoms with E-state index in [-0.39, 0.29) is 0 Å². The second kappa shape index (κ2) is 6.37. The monoisotopic (exact) mass is 257 g/mol. The molecular weight excluding hydrogens is 241 g/mol. The van der Waals surface area contributed by atoms with E-state index < -0.39 is 0 Å². The number of rotatable bonds is 5. The van der Waals surface area contributed by atoms with Crippen molar-refractivity contribution in [2.24, 2.45) is 0 Å². The zero-order valence-corrected chi connectivity index (χ0v) is 9.09. The van der Waals surface area contributed by atoms with E-state index in [0.717, 1.165) is 13.1 Å². The summed E-state index contributed by atoms with van der Waals surface area (Å²) in [6.07, 6.45) is 0.355. The summed E-state index contributed by atoms with van der Waals surface area (Å²) in [7, 11) is 3.87. The van der Waals surface area contributed by atoms with Crippen molar-refractivity contribution in [1.29, 1.82) is 0 Å². The predicted octanol–water partition coefficient (Wildman–Crippen LogP) is 1.39. The van der Waals surface area contributed by atoms with Gasteiger partial charge >= 0.3 is 0 Å². The summed E-state index contributed by atoms with van der Waals surface area (Å²) < 4.78 is 6.31. The van der Waals surface area contributed by atoms with Gasteiger partial charge in [0.25, 0.3) is 0 Å².